The van der Waals surface area contributed by atoms with Crippen LogP contribution >= 0.6 is 0 Å². The van der Waals surface area contributed by atoms with Gasteiger partial charge in [0.25, 0.3) is 0 Å². The van der Waals surface area contributed by atoms with Gasteiger partial charge in [0.1, 0.15) is 0 Å². The van der Waals surface area contributed by atoms with Gasteiger partial charge in [0.2, 0.25) is 0 Å². The molecule has 4 nitrogen and oxygen atoms in total. The molecule has 2 heterocycles. The van der Waals surface area contributed by atoms with E-state index in [1.54, 1.807) is 6.07 Å². The predicted molar refractivity (Wildman–Crippen MR) is 111 cm³/mol. The number of aromatic nitrogens is 1. The number of halogens is 1. The summed E-state index contributed by atoms with van der Waals surface area (Å²) in [5.41, 5.74) is 4.15. The van der Waals surface area contributed by atoms with Crippen LogP contribution in [0.5, 0.6) is 5.75 Å². The number of rotatable bonds is 4. The number of anilines is 2. The topological polar surface area (TPSA) is 40.3 Å². The second-order valence-corrected chi connectivity index (χ2v) is 7.06. The molecule has 4 rings (SSSR count). The largest absolute Gasteiger partial charge is 0.494 e. The second kappa shape index (κ2) is 8.01. The fourth-order valence-electron chi connectivity index (χ4n) is 3.79. The Labute approximate surface area is 160 Å². The Balaban J connectivity index is 0.00000210. The number of ether oxygens (including phenoxy) is 1. The predicted octanol–water partition coefficient (Wildman–Crippen LogP) is 5.50. The number of hydrogen-bond donors (Lipinski definition) is 2. The lowest BCUT2D eigenvalue weighted by Gasteiger charge is -2.28. The molecule has 144 valence electrons. The highest BCUT2D eigenvalue weighted by molar-refractivity contribution is 5.87. The highest BCUT2D eigenvalue weighted by Crippen LogP contribution is 2.34. The third-order valence-corrected chi connectivity index (χ3v) is 5.31. The number of aromatic amines is 1. The van der Waals surface area contributed by atoms with Crippen molar-refractivity contribution in [2.45, 2.75) is 26.2 Å². The summed E-state index contributed by atoms with van der Waals surface area (Å²) in [6, 6.07) is 11.2. The van der Waals surface area contributed by atoms with E-state index in [-0.39, 0.29) is 19.0 Å². The molecule has 0 unspecified atom stereocenters. The number of benzene rings is 2. The normalized spacial score (nSPS) is 15.5. The van der Waals surface area contributed by atoms with E-state index in [4.69, 9.17) is 4.74 Å². The van der Waals surface area contributed by atoms with Crippen LogP contribution in [0.3, 0.4) is 0 Å². The highest BCUT2D eigenvalue weighted by atomic mass is 19.1. The lowest BCUT2D eigenvalue weighted by atomic mass is 9.89. The summed E-state index contributed by atoms with van der Waals surface area (Å²) in [5.74, 6) is 0.496. The Morgan fingerprint density at radius 2 is 1.81 bits per heavy atom. The minimum absolute atomic E-state index is 0. The van der Waals surface area contributed by atoms with E-state index in [1.165, 1.54) is 37.0 Å². The van der Waals surface area contributed by atoms with Crippen LogP contribution in [0, 0.1) is 5.82 Å². The van der Waals surface area contributed by atoms with Crippen molar-refractivity contribution in [2.75, 3.05) is 32.6 Å². The van der Waals surface area contributed by atoms with Crippen LogP contribution in [0.2, 0.25) is 0 Å². The molecule has 2 N–H and O–H groups in total. The van der Waals surface area contributed by atoms with Crippen LogP contribution < -0.4 is 10.1 Å². The number of hydrogen-bond acceptors (Lipinski definition) is 3. The van der Waals surface area contributed by atoms with E-state index in [1.807, 2.05) is 6.07 Å². The number of piperidine rings is 1. The van der Waals surface area contributed by atoms with Gasteiger partial charge in [-0.25, -0.2) is 4.39 Å². The van der Waals surface area contributed by atoms with Gasteiger partial charge < -0.3 is 19.9 Å². The molecule has 3 aromatic rings. The van der Waals surface area contributed by atoms with E-state index in [2.05, 4.69) is 46.6 Å². The van der Waals surface area contributed by atoms with E-state index in [0.29, 0.717) is 11.6 Å². The highest BCUT2D eigenvalue weighted by Gasteiger charge is 2.21. The SMILES string of the molecule is C.COc1ccc(Nc2ccc3c(C4CCN(C)CC4)c[nH]c3c2)cc1F. The van der Waals surface area contributed by atoms with Crippen LogP contribution in [0.25, 0.3) is 10.9 Å². The molecule has 0 amide bonds. The third-order valence-electron chi connectivity index (χ3n) is 5.31. The summed E-state index contributed by atoms with van der Waals surface area (Å²) in [6.45, 7) is 2.31. The molecule has 1 aliphatic rings. The summed E-state index contributed by atoms with van der Waals surface area (Å²) in [4.78, 5) is 5.80. The maximum absolute atomic E-state index is 13.9. The average molecular weight is 369 g/mol. The molecule has 1 fully saturated rings. The third kappa shape index (κ3) is 3.93. The Morgan fingerprint density at radius 3 is 2.52 bits per heavy atom. The fraction of sp³-hybridized carbons (Fsp3) is 0.364. The Bertz CT molecular complexity index is 913. The van der Waals surface area contributed by atoms with Gasteiger partial charge in [-0.2, -0.15) is 0 Å². The number of methoxy groups -OCH3 is 1. The zero-order valence-electron chi connectivity index (χ0n) is 15.2. The fourth-order valence-corrected chi connectivity index (χ4v) is 3.79. The second-order valence-electron chi connectivity index (χ2n) is 7.06. The van der Waals surface area contributed by atoms with Crippen LogP contribution in [0.15, 0.2) is 42.6 Å². The van der Waals surface area contributed by atoms with Crippen molar-refractivity contribution in [3.8, 4) is 5.75 Å². The van der Waals surface area contributed by atoms with Gasteiger partial charge in [-0.1, -0.05) is 13.5 Å². The molecule has 0 bridgehead atoms. The molecule has 0 spiro atoms. The van der Waals surface area contributed by atoms with Gasteiger partial charge in [0.15, 0.2) is 11.6 Å². The molecule has 0 aliphatic carbocycles. The summed E-state index contributed by atoms with van der Waals surface area (Å²) in [7, 11) is 3.65. The Kier molecular flexibility index (Phi) is 5.71. The summed E-state index contributed by atoms with van der Waals surface area (Å²) >= 11 is 0. The van der Waals surface area contributed by atoms with E-state index >= 15 is 0 Å². The standard InChI is InChI=1S/C21H24FN3O.CH4/c1-25-9-7-14(8-10-25)18-13-23-20-12-16(3-5-17(18)20)24-15-4-6-21(26-2)19(22)11-15;/h3-6,11-14,23-24H,7-10H2,1-2H3;1H4. The molecule has 0 radical (unpaired) electrons. The molecular weight excluding hydrogens is 341 g/mol. The van der Waals surface area contributed by atoms with Gasteiger partial charge in [0, 0.05) is 34.5 Å². The molecule has 0 atom stereocenters. The van der Waals surface area contributed by atoms with Gasteiger partial charge in [-0.05, 0) is 68.7 Å². The number of nitrogens with zero attached hydrogens (tertiary/aromatic N) is 1. The number of nitrogens with one attached hydrogen (secondary N) is 2. The molecule has 0 saturated carbocycles. The van der Waals surface area contributed by atoms with Crippen molar-refractivity contribution in [1.82, 2.24) is 9.88 Å². The minimum Gasteiger partial charge on any atom is -0.494 e. The first-order chi connectivity index (χ1) is 12.6. The molecular formula is C22H28FN3O. The maximum Gasteiger partial charge on any atom is 0.167 e. The van der Waals surface area contributed by atoms with Gasteiger partial charge in [0.05, 0.1) is 7.11 Å². The zero-order chi connectivity index (χ0) is 18.1. The first-order valence-corrected chi connectivity index (χ1v) is 9.04. The number of fused-ring (bicyclic) bond motifs is 1. The van der Waals surface area contributed by atoms with Crippen LogP contribution in [-0.2, 0) is 0 Å². The smallest absolute Gasteiger partial charge is 0.167 e. The van der Waals surface area contributed by atoms with Gasteiger partial charge >= 0.3 is 0 Å². The first kappa shape index (κ1) is 19.2. The quantitative estimate of drug-likeness (QED) is 0.637. The molecule has 5 heteroatoms. The van der Waals surface area contributed by atoms with Crippen LogP contribution in [0.1, 0.15) is 31.7 Å². The number of likely N-dealkylation sites (tertiary alicyclic amines) is 1. The lowest BCUT2D eigenvalue weighted by Crippen LogP contribution is -2.29. The zero-order valence-corrected chi connectivity index (χ0v) is 15.2. The lowest BCUT2D eigenvalue weighted by molar-refractivity contribution is 0.256. The maximum atomic E-state index is 13.9. The van der Waals surface area contributed by atoms with Gasteiger partial charge in [-0.15, -0.1) is 0 Å². The average Bonchev–Trinajstić information content (AvgIpc) is 3.06. The van der Waals surface area contributed by atoms with E-state index < -0.39 is 0 Å². The van der Waals surface area contributed by atoms with Crippen molar-refractivity contribution in [3.63, 3.8) is 0 Å². The van der Waals surface area contributed by atoms with E-state index in [0.717, 1.165) is 24.3 Å². The minimum atomic E-state index is -0.372. The van der Waals surface area contributed by atoms with Gasteiger partial charge in [-0.3, -0.25) is 0 Å². The summed E-state index contributed by atoms with van der Waals surface area (Å²) in [5, 5.41) is 4.54. The van der Waals surface area contributed by atoms with Crippen molar-refractivity contribution < 1.29 is 9.13 Å². The Morgan fingerprint density at radius 1 is 1.11 bits per heavy atom. The van der Waals surface area contributed by atoms with Crippen molar-refractivity contribution in [1.29, 1.82) is 0 Å². The number of H-pyrrole nitrogens is 1. The molecule has 1 aliphatic heterocycles. The van der Waals surface area contributed by atoms with Crippen molar-refractivity contribution in [3.05, 3.63) is 54.0 Å². The first-order valence-electron chi connectivity index (χ1n) is 9.04. The monoisotopic (exact) mass is 369 g/mol. The van der Waals surface area contributed by atoms with Crippen molar-refractivity contribution in [2.24, 2.45) is 0 Å². The van der Waals surface area contributed by atoms with Crippen molar-refractivity contribution >= 4 is 22.3 Å². The van der Waals surface area contributed by atoms with Crippen LogP contribution in [-0.4, -0.2) is 37.1 Å². The van der Waals surface area contributed by atoms with E-state index in [9.17, 15) is 4.39 Å². The molecule has 1 aromatic heterocycles. The summed E-state index contributed by atoms with van der Waals surface area (Å²) in [6.07, 6.45) is 4.56. The summed E-state index contributed by atoms with van der Waals surface area (Å²) < 4.78 is 18.8. The van der Waals surface area contributed by atoms with Crippen LogP contribution in [0.4, 0.5) is 15.8 Å². The molecule has 27 heavy (non-hydrogen) atoms. The molecule has 2 aromatic carbocycles. The Hall–Kier alpha value is -2.53. The molecule has 1 saturated heterocycles.